The summed E-state index contributed by atoms with van der Waals surface area (Å²) in [4.78, 5) is 16.1. The Morgan fingerprint density at radius 2 is 1.81 bits per heavy atom. The molecule has 3 nitrogen and oxygen atoms in total. The number of halogens is 2. The Morgan fingerprint density at radius 3 is 2.29 bits per heavy atom. The molecule has 0 fully saturated rings. The van der Waals surface area contributed by atoms with Crippen LogP contribution in [0.3, 0.4) is 0 Å². The van der Waals surface area contributed by atoms with Gasteiger partial charge in [-0.1, -0.05) is 20.8 Å². The molecule has 0 aliphatic heterocycles. The number of amides is 1. The first-order valence-electron chi connectivity index (χ1n) is 6.47. The largest absolute Gasteiger partial charge is 0.366 e. The number of carbonyl (C=O) groups excluding carboxylic acids is 1. The molecule has 1 heterocycles. The van der Waals surface area contributed by atoms with Crippen LogP contribution in [0.4, 0.5) is 4.39 Å². The minimum atomic E-state index is -0.484. The number of primary amides is 1. The summed E-state index contributed by atoms with van der Waals surface area (Å²) in [6.07, 6.45) is 0. The van der Waals surface area contributed by atoms with Crippen LogP contribution in [0.15, 0.2) is 30.3 Å². The zero-order chi connectivity index (χ0) is 15.8. The third-order valence-corrected chi connectivity index (χ3v) is 3.95. The number of benzene rings is 1. The summed E-state index contributed by atoms with van der Waals surface area (Å²) in [5.74, 6) is -0.777. The maximum atomic E-state index is 13.0. The van der Waals surface area contributed by atoms with E-state index in [0.717, 1.165) is 11.1 Å². The Morgan fingerprint density at radius 1 is 1.24 bits per heavy atom. The van der Waals surface area contributed by atoms with E-state index >= 15 is 0 Å². The van der Waals surface area contributed by atoms with Crippen LogP contribution in [-0.4, -0.2) is 10.9 Å². The molecule has 2 N–H and O–H groups in total. The molecule has 2 aromatic rings. The van der Waals surface area contributed by atoms with E-state index in [1.807, 2.05) is 49.4 Å². The van der Waals surface area contributed by atoms with Gasteiger partial charge in [0.2, 0.25) is 0 Å². The van der Waals surface area contributed by atoms with Crippen molar-refractivity contribution in [3.05, 3.63) is 51.0 Å². The predicted molar refractivity (Wildman–Crippen MR) is 89.6 cm³/mol. The lowest BCUT2D eigenvalue weighted by molar-refractivity contribution is 0.0997. The molecule has 0 radical (unpaired) electrons. The van der Waals surface area contributed by atoms with Gasteiger partial charge in [-0.25, -0.2) is 9.37 Å². The molecule has 0 saturated carbocycles. The summed E-state index contributed by atoms with van der Waals surface area (Å²) in [6.45, 7) is 6.04. The predicted octanol–water partition coefficient (Wildman–Crippen LogP) is 3.89. The van der Waals surface area contributed by atoms with E-state index in [1.165, 1.54) is 12.1 Å². The Kier molecular flexibility index (Phi) is 4.32. The van der Waals surface area contributed by atoms with Gasteiger partial charge < -0.3 is 5.73 Å². The van der Waals surface area contributed by atoms with Gasteiger partial charge >= 0.3 is 0 Å². The molecular weight excluding hydrogens is 382 g/mol. The molecule has 0 aliphatic carbocycles. The van der Waals surface area contributed by atoms with Crippen molar-refractivity contribution in [1.29, 1.82) is 0 Å². The van der Waals surface area contributed by atoms with E-state index in [4.69, 9.17) is 5.73 Å². The van der Waals surface area contributed by atoms with Crippen molar-refractivity contribution >= 4 is 28.5 Å². The fourth-order valence-electron chi connectivity index (χ4n) is 2.11. The van der Waals surface area contributed by atoms with Crippen LogP contribution in [0, 0.1) is 9.52 Å². The lowest BCUT2D eigenvalue weighted by Gasteiger charge is -2.23. The third-order valence-electron chi connectivity index (χ3n) is 3.17. The lowest BCUT2D eigenvalue weighted by Crippen LogP contribution is -2.23. The Balaban J connectivity index is 2.68. The van der Waals surface area contributed by atoms with Crippen LogP contribution < -0.4 is 5.73 Å². The molecule has 1 aromatic heterocycles. The van der Waals surface area contributed by atoms with Gasteiger partial charge in [0.1, 0.15) is 9.52 Å². The monoisotopic (exact) mass is 398 g/mol. The molecule has 0 saturated heterocycles. The van der Waals surface area contributed by atoms with E-state index in [0.29, 0.717) is 15.0 Å². The minimum Gasteiger partial charge on any atom is -0.366 e. The summed E-state index contributed by atoms with van der Waals surface area (Å²) >= 11 is 2.01. The third kappa shape index (κ3) is 3.40. The maximum Gasteiger partial charge on any atom is 0.251 e. The first kappa shape index (κ1) is 15.9. The van der Waals surface area contributed by atoms with Crippen molar-refractivity contribution in [3.8, 4) is 11.3 Å². The number of hydrogen-bond acceptors (Lipinski definition) is 2. The zero-order valence-corrected chi connectivity index (χ0v) is 14.2. The fourth-order valence-corrected chi connectivity index (χ4v) is 2.92. The van der Waals surface area contributed by atoms with Crippen molar-refractivity contribution in [2.75, 3.05) is 0 Å². The molecule has 110 valence electrons. The Bertz CT molecular complexity index is 691. The van der Waals surface area contributed by atoms with Gasteiger partial charge in [0.25, 0.3) is 5.91 Å². The van der Waals surface area contributed by atoms with E-state index < -0.39 is 5.91 Å². The molecule has 1 amide bonds. The summed E-state index contributed by atoms with van der Waals surface area (Å²) in [5.41, 5.74) is 8.04. The average molecular weight is 398 g/mol. The molecule has 5 heteroatoms. The molecule has 0 spiro atoms. The van der Waals surface area contributed by atoms with Crippen molar-refractivity contribution in [2.45, 2.75) is 26.2 Å². The van der Waals surface area contributed by atoms with Gasteiger partial charge in [-0.2, -0.15) is 0 Å². The second kappa shape index (κ2) is 5.71. The quantitative estimate of drug-likeness (QED) is 0.617. The number of nitrogens with zero attached hydrogens (tertiary/aromatic N) is 1. The highest BCUT2D eigenvalue weighted by Gasteiger charge is 2.24. The topological polar surface area (TPSA) is 56.0 Å². The van der Waals surface area contributed by atoms with Crippen LogP contribution in [0.1, 0.15) is 36.7 Å². The summed E-state index contributed by atoms with van der Waals surface area (Å²) < 4.78 is 13.6. The van der Waals surface area contributed by atoms with Crippen LogP contribution in [-0.2, 0) is 5.41 Å². The Labute approximate surface area is 136 Å². The molecule has 1 aromatic carbocycles. The van der Waals surface area contributed by atoms with Gasteiger partial charge in [0.15, 0.2) is 0 Å². The molecule has 0 bridgehead atoms. The molecular formula is C16H16FIN2O. The number of carbonyl (C=O) groups is 1. The number of pyridine rings is 1. The second-order valence-corrected chi connectivity index (χ2v) is 6.86. The van der Waals surface area contributed by atoms with Crippen molar-refractivity contribution in [2.24, 2.45) is 5.73 Å². The molecule has 0 atom stereocenters. The fraction of sp³-hybridized carbons (Fsp3) is 0.250. The standard InChI is InChI=1S/C16H16FIN2O/c1-16(2,3)11-8-12(9-4-6-10(17)7-5-9)20-14(18)13(11)15(19)21/h4-8H,1-3H3,(H2,19,21). The van der Waals surface area contributed by atoms with Gasteiger partial charge in [-0.05, 0) is 63.9 Å². The molecule has 2 rings (SSSR count). The smallest absolute Gasteiger partial charge is 0.251 e. The lowest BCUT2D eigenvalue weighted by atomic mass is 9.83. The summed E-state index contributed by atoms with van der Waals surface area (Å²) in [5, 5.41) is 0. The van der Waals surface area contributed by atoms with Crippen LogP contribution >= 0.6 is 22.6 Å². The number of nitrogens with two attached hydrogens (primary N) is 1. The first-order valence-corrected chi connectivity index (χ1v) is 7.55. The van der Waals surface area contributed by atoms with Crippen LogP contribution in [0.25, 0.3) is 11.3 Å². The molecule has 21 heavy (non-hydrogen) atoms. The van der Waals surface area contributed by atoms with Gasteiger partial charge in [0.05, 0.1) is 11.3 Å². The molecule has 0 aliphatic rings. The normalized spacial score (nSPS) is 11.5. The highest BCUT2D eigenvalue weighted by atomic mass is 127. The first-order chi connectivity index (χ1) is 9.70. The summed E-state index contributed by atoms with van der Waals surface area (Å²) in [7, 11) is 0. The summed E-state index contributed by atoms with van der Waals surface area (Å²) in [6, 6.07) is 7.98. The zero-order valence-electron chi connectivity index (χ0n) is 12.1. The highest BCUT2D eigenvalue weighted by Crippen LogP contribution is 2.31. The van der Waals surface area contributed by atoms with E-state index in [1.54, 1.807) is 12.1 Å². The van der Waals surface area contributed by atoms with Crippen LogP contribution in [0.5, 0.6) is 0 Å². The minimum absolute atomic E-state index is 0.248. The van der Waals surface area contributed by atoms with Gasteiger partial charge in [0, 0.05) is 5.56 Å². The van der Waals surface area contributed by atoms with E-state index in [9.17, 15) is 9.18 Å². The van der Waals surface area contributed by atoms with Crippen molar-refractivity contribution in [3.63, 3.8) is 0 Å². The number of rotatable bonds is 2. The molecule has 0 unspecified atom stereocenters. The number of aromatic nitrogens is 1. The second-order valence-electron chi connectivity index (χ2n) is 5.84. The average Bonchev–Trinajstić information content (AvgIpc) is 2.37. The van der Waals surface area contributed by atoms with Crippen LogP contribution in [0.2, 0.25) is 0 Å². The van der Waals surface area contributed by atoms with Crippen molar-refractivity contribution in [1.82, 2.24) is 4.98 Å². The maximum absolute atomic E-state index is 13.0. The van der Waals surface area contributed by atoms with Gasteiger partial charge in [-0.15, -0.1) is 0 Å². The van der Waals surface area contributed by atoms with Gasteiger partial charge in [-0.3, -0.25) is 4.79 Å². The van der Waals surface area contributed by atoms with E-state index in [-0.39, 0.29) is 11.2 Å². The van der Waals surface area contributed by atoms with E-state index in [2.05, 4.69) is 4.98 Å². The SMILES string of the molecule is CC(C)(C)c1cc(-c2ccc(F)cc2)nc(I)c1C(N)=O. The van der Waals surface area contributed by atoms with Crippen molar-refractivity contribution < 1.29 is 9.18 Å². The highest BCUT2D eigenvalue weighted by molar-refractivity contribution is 14.1. The number of hydrogen-bond donors (Lipinski definition) is 1. The Hall–Kier alpha value is -1.50.